The minimum Gasteiger partial charge on any atom is -0.302 e. The van der Waals surface area contributed by atoms with E-state index in [0.29, 0.717) is 31.7 Å². The average molecular weight is 347 g/mol. The van der Waals surface area contributed by atoms with Crippen molar-refractivity contribution in [3.8, 4) is 0 Å². The van der Waals surface area contributed by atoms with Gasteiger partial charge in [-0.25, -0.2) is 15.0 Å². The first-order valence-electron chi connectivity index (χ1n) is 7.99. The van der Waals surface area contributed by atoms with Gasteiger partial charge in [0.1, 0.15) is 5.65 Å². The minimum atomic E-state index is -4.50. The summed E-state index contributed by atoms with van der Waals surface area (Å²) < 4.78 is 40.3. The first kappa shape index (κ1) is 16.0. The molecule has 3 aromatic heterocycles. The third-order valence-electron chi connectivity index (χ3n) is 4.47. The molecule has 0 atom stereocenters. The SMILES string of the molecule is Cc1nc2ccccn2c1CN1CCc2nc(C(F)(F)F)ncc2C1. The Morgan fingerprint density at radius 3 is 2.84 bits per heavy atom. The van der Waals surface area contributed by atoms with Crippen molar-refractivity contribution in [3.05, 3.63) is 59.1 Å². The highest BCUT2D eigenvalue weighted by molar-refractivity contribution is 5.42. The van der Waals surface area contributed by atoms with Crippen LogP contribution >= 0.6 is 0 Å². The molecule has 5 nitrogen and oxygen atoms in total. The van der Waals surface area contributed by atoms with Gasteiger partial charge in [-0.05, 0) is 19.1 Å². The van der Waals surface area contributed by atoms with Crippen molar-refractivity contribution in [2.75, 3.05) is 6.54 Å². The van der Waals surface area contributed by atoms with Crippen LogP contribution < -0.4 is 0 Å². The van der Waals surface area contributed by atoms with Crippen molar-refractivity contribution in [2.45, 2.75) is 32.6 Å². The predicted molar refractivity (Wildman–Crippen MR) is 84.8 cm³/mol. The number of alkyl halides is 3. The summed E-state index contributed by atoms with van der Waals surface area (Å²) in [4.78, 5) is 13.9. The van der Waals surface area contributed by atoms with Crippen LogP contribution in [0.15, 0.2) is 30.6 Å². The summed E-state index contributed by atoms with van der Waals surface area (Å²) in [7, 11) is 0. The zero-order chi connectivity index (χ0) is 17.6. The first-order valence-corrected chi connectivity index (χ1v) is 7.99. The van der Waals surface area contributed by atoms with E-state index in [1.54, 1.807) is 0 Å². The van der Waals surface area contributed by atoms with Crippen molar-refractivity contribution >= 4 is 5.65 Å². The lowest BCUT2D eigenvalue weighted by atomic mass is 10.1. The number of hydrogen-bond donors (Lipinski definition) is 0. The second kappa shape index (κ2) is 5.80. The molecule has 4 heterocycles. The Morgan fingerprint density at radius 2 is 2.04 bits per heavy atom. The topological polar surface area (TPSA) is 46.3 Å². The molecule has 0 radical (unpaired) electrons. The molecule has 0 spiro atoms. The summed E-state index contributed by atoms with van der Waals surface area (Å²) in [6, 6.07) is 5.85. The first-order chi connectivity index (χ1) is 11.9. The summed E-state index contributed by atoms with van der Waals surface area (Å²) in [5, 5.41) is 0. The van der Waals surface area contributed by atoms with E-state index in [1.165, 1.54) is 6.20 Å². The lowest BCUT2D eigenvalue weighted by molar-refractivity contribution is -0.145. The van der Waals surface area contributed by atoms with Crippen LogP contribution in [-0.4, -0.2) is 30.8 Å². The van der Waals surface area contributed by atoms with Gasteiger partial charge in [-0.1, -0.05) is 6.07 Å². The number of aryl methyl sites for hydroxylation is 1. The maximum Gasteiger partial charge on any atom is 0.451 e. The molecule has 0 amide bonds. The number of fused-ring (bicyclic) bond motifs is 2. The smallest absolute Gasteiger partial charge is 0.302 e. The van der Waals surface area contributed by atoms with Crippen LogP contribution in [0.25, 0.3) is 5.65 Å². The van der Waals surface area contributed by atoms with Gasteiger partial charge < -0.3 is 4.40 Å². The Hall–Kier alpha value is -2.48. The summed E-state index contributed by atoms with van der Waals surface area (Å²) >= 11 is 0. The summed E-state index contributed by atoms with van der Waals surface area (Å²) in [5.41, 5.74) is 4.19. The number of rotatable bonds is 2. The van der Waals surface area contributed by atoms with Gasteiger partial charge in [0.05, 0.1) is 17.1 Å². The Labute approximate surface area is 142 Å². The van der Waals surface area contributed by atoms with E-state index < -0.39 is 12.0 Å². The van der Waals surface area contributed by atoms with Crippen LogP contribution in [0.2, 0.25) is 0 Å². The highest BCUT2D eigenvalue weighted by Gasteiger charge is 2.35. The van der Waals surface area contributed by atoms with Gasteiger partial charge in [-0.2, -0.15) is 13.2 Å². The van der Waals surface area contributed by atoms with Crippen LogP contribution in [0, 0.1) is 6.92 Å². The zero-order valence-corrected chi connectivity index (χ0v) is 13.6. The maximum atomic E-state index is 12.7. The summed E-state index contributed by atoms with van der Waals surface area (Å²) in [6.45, 7) is 3.84. The molecular formula is C17H16F3N5. The highest BCUT2D eigenvalue weighted by Crippen LogP contribution is 2.28. The van der Waals surface area contributed by atoms with Gasteiger partial charge in [0.15, 0.2) is 0 Å². The van der Waals surface area contributed by atoms with Crippen molar-refractivity contribution in [2.24, 2.45) is 0 Å². The van der Waals surface area contributed by atoms with Gasteiger partial charge in [0, 0.05) is 44.0 Å². The van der Waals surface area contributed by atoms with Crippen LogP contribution in [0.4, 0.5) is 13.2 Å². The third-order valence-corrected chi connectivity index (χ3v) is 4.47. The largest absolute Gasteiger partial charge is 0.451 e. The molecule has 0 aliphatic carbocycles. The number of imidazole rings is 1. The van der Waals surface area contributed by atoms with Crippen molar-refractivity contribution in [1.29, 1.82) is 0 Å². The molecular weight excluding hydrogens is 331 g/mol. The third kappa shape index (κ3) is 2.97. The molecule has 0 saturated carbocycles. The molecule has 0 fully saturated rings. The number of pyridine rings is 1. The van der Waals surface area contributed by atoms with Gasteiger partial charge in [0.25, 0.3) is 0 Å². The molecule has 0 saturated heterocycles. The second-order valence-electron chi connectivity index (χ2n) is 6.20. The quantitative estimate of drug-likeness (QED) is 0.715. The standard InChI is InChI=1S/C17H16F3N5/c1-11-14(25-6-3-2-4-15(25)22-11)10-24-7-5-13-12(9-24)8-21-16(23-13)17(18,19)20/h2-4,6,8H,5,7,9-10H2,1H3. The Kier molecular flexibility index (Phi) is 3.72. The molecule has 1 aliphatic heterocycles. The van der Waals surface area contributed by atoms with Gasteiger partial charge in [-0.3, -0.25) is 4.90 Å². The van der Waals surface area contributed by atoms with E-state index in [0.717, 1.165) is 22.6 Å². The molecule has 8 heteroatoms. The molecule has 25 heavy (non-hydrogen) atoms. The molecule has 3 aromatic rings. The predicted octanol–water partition coefficient (Wildman–Crippen LogP) is 3.01. The highest BCUT2D eigenvalue weighted by atomic mass is 19.4. The van der Waals surface area contributed by atoms with Crippen molar-refractivity contribution < 1.29 is 13.2 Å². The van der Waals surface area contributed by atoms with Crippen LogP contribution in [-0.2, 0) is 25.7 Å². The average Bonchev–Trinajstić information content (AvgIpc) is 2.89. The lowest BCUT2D eigenvalue weighted by Crippen LogP contribution is -2.32. The lowest BCUT2D eigenvalue weighted by Gasteiger charge is -2.28. The number of hydrogen-bond acceptors (Lipinski definition) is 4. The fraction of sp³-hybridized carbons (Fsp3) is 0.353. The number of aromatic nitrogens is 4. The van der Waals surface area contributed by atoms with Crippen LogP contribution in [0.1, 0.15) is 28.5 Å². The molecule has 4 rings (SSSR count). The van der Waals surface area contributed by atoms with E-state index in [-0.39, 0.29) is 0 Å². The molecule has 0 unspecified atom stereocenters. The Morgan fingerprint density at radius 1 is 1.20 bits per heavy atom. The summed E-state index contributed by atoms with van der Waals surface area (Å²) in [6.07, 6.45) is -0.740. The van der Waals surface area contributed by atoms with Gasteiger partial charge in [-0.15, -0.1) is 0 Å². The second-order valence-corrected chi connectivity index (χ2v) is 6.20. The van der Waals surface area contributed by atoms with Crippen LogP contribution in [0.3, 0.4) is 0 Å². The Balaban J connectivity index is 1.57. The normalized spacial score (nSPS) is 15.5. The van der Waals surface area contributed by atoms with E-state index in [2.05, 4.69) is 19.9 Å². The molecule has 0 bridgehead atoms. The fourth-order valence-electron chi connectivity index (χ4n) is 3.21. The number of nitrogens with zero attached hydrogens (tertiary/aromatic N) is 5. The minimum absolute atomic E-state index is 0.483. The van der Waals surface area contributed by atoms with Crippen LogP contribution in [0.5, 0.6) is 0 Å². The van der Waals surface area contributed by atoms with E-state index in [1.807, 2.05) is 35.7 Å². The molecule has 130 valence electrons. The summed E-state index contributed by atoms with van der Waals surface area (Å²) in [5.74, 6) is -1.06. The molecule has 0 N–H and O–H groups in total. The van der Waals surface area contributed by atoms with Crippen molar-refractivity contribution in [1.82, 2.24) is 24.3 Å². The zero-order valence-electron chi connectivity index (χ0n) is 13.6. The van der Waals surface area contributed by atoms with Gasteiger partial charge >= 0.3 is 6.18 Å². The maximum absolute atomic E-state index is 12.7. The van der Waals surface area contributed by atoms with E-state index in [4.69, 9.17) is 0 Å². The van der Waals surface area contributed by atoms with E-state index in [9.17, 15) is 13.2 Å². The Bertz CT molecular complexity index is 932. The monoisotopic (exact) mass is 347 g/mol. The fourth-order valence-corrected chi connectivity index (χ4v) is 3.21. The van der Waals surface area contributed by atoms with Crippen molar-refractivity contribution in [3.63, 3.8) is 0 Å². The number of halogens is 3. The molecule has 1 aliphatic rings. The van der Waals surface area contributed by atoms with E-state index >= 15 is 0 Å². The molecule has 0 aromatic carbocycles. The van der Waals surface area contributed by atoms with Gasteiger partial charge in [0.2, 0.25) is 5.82 Å².